The number of nitrogens with zero attached hydrogens (tertiary/aromatic N) is 2. The molecular formula is C27H35BrN2O4S. The van der Waals surface area contributed by atoms with Crippen LogP contribution in [0.2, 0.25) is 0 Å². The molecule has 2 aromatic carbocycles. The molecule has 0 aliphatic heterocycles. The van der Waals surface area contributed by atoms with Gasteiger partial charge in [-0.15, -0.1) is 0 Å². The summed E-state index contributed by atoms with van der Waals surface area (Å²) in [5.41, 5.74) is 0.468. The number of hydrogen-bond donors (Lipinski definition) is 0. The average Bonchev–Trinajstić information content (AvgIpc) is 2.89. The molecular weight excluding hydrogens is 528 g/mol. The van der Waals surface area contributed by atoms with Crippen molar-refractivity contribution in [1.82, 2.24) is 4.90 Å². The second-order valence-corrected chi connectivity index (χ2v) is 12.3. The number of hydrogen-bond acceptors (Lipinski definition) is 4. The van der Waals surface area contributed by atoms with Crippen LogP contribution in [0.1, 0.15) is 64.2 Å². The zero-order valence-electron chi connectivity index (χ0n) is 20.4. The molecule has 0 N–H and O–H groups in total. The van der Waals surface area contributed by atoms with Gasteiger partial charge in [0.05, 0.1) is 12.8 Å². The molecule has 0 radical (unpaired) electrons. The van der Waals surface area contributed by atoms with Crippen LogP contribution in [0.25, 0.3) is 0 Å². The van der Waals surface area contributed by atoms with Gasteiger partial charge in [-0.2, -0.15) is 0 Å². The monoisotopic (exact) mass is 562 g/mol. The Morgan fingerprint density at radius 3 is 2.03 bits per heavy atom. The maximum Gasteiger partial charge on any atom is 0.268 e. The highest BCUT2D eigenvalue weighted by Gasteiger charge is 2.36. The number of anilines is 1. The Labute approximate surface area is 217 Å². The largest absolute Gasteiger partial charge is 0.495 e. The summed E-state index contributed by atoms with van der Waals surface area (Å²) in [4.78, 5) is 16.1. The summed E-state index contributed by atoms with van der Waals surface area (Å²) in [6.45, 7) is -0.227. The van der Waals surface area contributed by atoms with Gasteiger partial charge in [-0.3, -0.25) is 9.10 Å². The van der Waals surface area contributed by atoms with Crippen LogP contribution in [0.5, 0.6) is 5.75 Å². The number of sulfonamides is 1. The number of methoxy groups -OCH3 is 1. The first-order valence-corrected chi connectivity index (χ1v) is 14.9. The Bertz CT molecular complexity index is 1080. The van der Waals surface area contributed by atoms with Gasteiger partial charge in [0.25, 0.3) is 10.0 Å². The molecule has 0 unspecified atom stereocenters. The molecule has 0 spiro atoms. The van der Waals surface area contributed by atoms with Crippen LogP contribution < -0.4 is 9.04 Å². The lowest BCUT2D eigenvalue weighted by Gasteiger charge is -2.42. The maximum atomic E-state index is 14.0. The molecule has 2 saturated carbocycles. The molecule has 8 heteroatoms. The maximum absolute atomic E-state index is 14.0. The van der Waals surface area contributed by atoms with Crippen LogP contribution in [-0.2, 0) is 14.8 Å². The molecule has 190 valence electrons. The van der Waals surface area contributed by atoms with Crippen LogP contribution in [0.4, 0.5) is 5.69 Å². The summed E-state index contributed by atoms with van der Waals surface area (Å²) in [7, 11) is -2.63. The fraction of sp³-hybridized carbons (Fsp3) is 0.519. The Morgan fingerprint density at radius 1 is 0.914 bits per heavy atom. The molecule has 0 heterocycles. The van der Waals surface area contributed by atoms with Crippen molar-refractivity contribution in [2.24, 2.45) is 0 Å². The molecule has 0 bridgehead atoms. The SMILES string of the molecule is COc1ccc(Br)cc1S(=O)(=O)N(CC(=O)N(C1CCCCC1)C1CCCCC1)c1ccccc1. The lowest BCUT2D eigenvalue weighted by Crippen LogP contribution is -2.52. The van der Waals surface area contributed by atoms with Crippen molar-refractivity contribution in [3.63, 3.8) is 0 Å². The fourth-order valence-electron chi connectivity index (χ4n) is 5.51. The van der Waals surface area contributed by atoms with Gasteiger partial charge in [0.15, 0.2) is 0 Å². The van der Waals surface area contributed by atoms with Gasteiger partial charge in [0.1, 0.15) is 17.2 Å². The van der Waals surface area contributed by atoms with E-state index in [0.29, 0.717) is 10.2 Å². The van der Waals surface area contributed by atoms with E-state index < -0.39 is 10.0 Å². The quantitative estimate of drug-likeness (QED) is 0.387. The van der Waals surface area contributed by atoms with E-state index in [1.165, 1.54) is 30.3 Å². The summed E-state index contributed by atoms with van der Waals surface area (Å²) < 4.78 is 35.3. The van der Waals surface area contributed by atoms with Gasteiger partial charge in [-0.25, -0.2) is 8.42 Å². The number of carbonyl (C=O) groups is 1. The zero-order valence-corrected chi connectivity index (χ0v) is 22.8. The van der Waals surface area contributed by atoms with E-state index in [1.54, 1.807) is 36.4 Å². The number of halogens is 1. The highest BCUT2D eigenvalue weighted by Crippen LogP contribution is 2.34. The van der Waals surface area contributed by atoms with Crippen LogP contribution in [-0.4, -0.2) is 45.0 Å². The second-order valence-electron chi connectivity index (χ2n) is 9.53. The van der Waals surface area contributed by atoms with E-state index in [-0.39, 0.29) is 35.2 Å². The summed E-state index contributed by atoms with van der Waals surface area (Å²) in [6.07, 6.45) is 10.9. The third-order valence-corrected chi connectivity index (χ3v) is 9.53. The Kier molecular flexibility index (Phi) is 8.76. The number of rotatable bonds is 8. The molecule has 1 amide bonds. The number of para-hydroxylation sites is 1. The van der Waals surface area contributed by atoms with Gasteiger partial charge >= 0.3 is 0 Å². The first-order chi connectivity index (χ1) is 16.9. The minimum atomic E-state index is -4.08. The van der Waals surface area contributed by atoms with Crippen molar-refractivity contribution in [3.05, 3.63) is 53.0 Å². The van der Waals surface area contributed by atoms with Crippen molar-refractivity contribution in [2.45, 2.75) is 81.2 Å². The highest BCUT2D eigenvalue weighted by atomic mass is 79.9. The lowest BCUT2D eigenvalue weighted by molar-refractivity contribution is -0.136. The van der Waals surface area contributed by atoms with Gasteiger partial charge in [0.2, 0.25) is 5.91 Å². The van der Waals surface area contributed by atoms with Crippen molar-refractivity contribution in [3.8, 4) is 5.75 Å². The molecule has 0 aromatic heterocycles. The summed E-state index contributed by atoms with van der Waals surface area (Å²) >= 11 is 3.39. The number of benzene rings is 2. The van der Waals surface area contributed by atoms with E-state index in [9.17, 15) is 13.2 Å². The minimum absolute atomic E-state index is 0.0351. The predicted octanol–water partition coefficient (Wildman–Crippen LogP) is 6.15. The lowest BCUT2D eigenvalue weighted by atomic mass is 9.88. The number of carbonyl (C=O) groups excluding carboxylic acids is 1. The molecule has 2 aliphatic carbocycles. The summed E-state index contributed by atoms with van der Waals surface area (Å²) in [5.74, 6) is 0.142. The third-order valence-electron chi connectivity index (χ3n) is 7.24. The number of ether oxygens (including phenoxy) is 1. The summed E-state index contributed by atoms with van der Waals surface area (Å²) in [5, 5.41) is 0. The van der Waals surface area contributed by atoms with Crippen LogP contribution >= 0.6 is 15.9 Å². The van der Waals surface area contributed by atoms with Gasteiger partial charge in [-0.05, 0) is 56.0 Å². The van der Waals surface area contributed by atoms with E-state index in [4.69, 9.17) is 4.74 Å². The van der Waals surface area contributed by atoms with E-state index >= 15 is 0 Å². The average molecular weight is 564 g/mol. The first-order valence-electron chi connectivity index (χ1n) is 12.6. The molecule has 6 nitrogen and oxygen atoms in total. The highest BCUT2D eigenvalue weighted by molar-refractivity contribution is 9.10. The molecule has 0 atom stereocenters. The zero-order chi connectivity index (χ0) is 24.8. The standard InChI is InChI=1S/C27H35BrN2O4S/c1-34-25-18-17-21(28)19-26(25)35(32,33)29(22-11-5-2-6-12-22)20-27(31)30(23-13-7-3-8-14-23)24-15-9-4-10-16-24/h2,5-6,11-12,17-19,23-24H,3-4,7-10,13-16,20H2,1H3. The Morgan fingerprint density at radius 2 is 1.49 bits per heavy atom. The van der Waals surface area contributed by atoms with Crippen LogP contribution in [0, 0.1) is 0 Å². The Hall–Kier alpha value is -2.06. The van der Waals surface area contributed by atoms with Gasteiger partial charge in [-0.1, -0.05) is 72.7 Å². The van der Waals surface area contributed by atoms with E-state index in [0.717, 1.165) is 51.4 Å². The van der Waals surface area contributed by atoms with Gasteiger partial charge in [0, 0.05) is 16.6 Å². The third kappa shape index (κ3) is 6.02. The Balaban J connectivity index is 1.71. The molecule has 2 aromatic rings. The van der Waals surface area contributed by atoms with Crippen molar-refractivity contribution < 1.29 is 17.9 Å². The predicted molar refractivity (Wildman–Crippen MR) is 142 cm³/mol. The smallest absolute Gasteiger partial charge is 0.268 e. The van der Waals surface area contributed by atoms with Crippen LogP contribution in [0.15, 0.2) is 57.9 Å². The van der Waals surface area contributed by atoms with Crippen molar-refractivity contribution >= 4 is 37.5 Å². The fourth-order valence-corrected chi connectivity index (χ4v) is 7.62. The second kappa shape index (κ2) is 11.8. The topological polar surface area (TPSA) is 66.9 Å². The minimum Gasteiger partial charge on any atom is -0.495 e. The van der Waals surface area contributed by atoms with E-state index in [1.807, 2.05) is 6.07 Å². The first kappa shape index (κ1) is 26.0. The van der Waals surface area contributed by atoms with Gasteiger partial charge < -0.3 is 9.64 Å². The number of amides is 1. The molecule has 35 heavy (non-hydrogen) atoms. The molecule has 2 aliphatic rings. The van der Waals surface area contributed by atoms with Crippen molar-refractivity contribution in [2.75, 3.05) is 18.0 Å². The van der Waals surface area contributed by atoms with Crippen LogP contribution in [0.3, 0.4) is 0 Å². The van der Waals surface area contributed by atoms with Crippen molar-refractivity contribution in [1.29, 1.82) is 0 Å². The normalized spacial score (nSPS) is 17.7. The molecule has 4 rings (SSSR count). The van der Waals surface area contributed by atoms with E-state index in [2.05, 4.69) is 20.8 Å². The summed E-state index contributed by atoms with van der Waals surface area (Å²) in [6, 6.07) is 14.2. The molecule has 2 fully saturated rings. The molecule has 0 saturated heterocycles.